The highest BCUT2D eigenvalue weighted by Crippen LogP contribution is 2.46. The number of aryl methyl sites for hydroxylation is 3. The molecule has 0 amide bonds. The molecule has 5 aromatic rings. The first-order valence-electron chi connectivity index (χ1n) is 15.8. The summed E-state index contributed by atoms with van der Waals surface area (Å²) in [6, 6.07) is 34.2. The molecule has 5 aromatic carbocycles. The van der Waals surface area contributed by atoms with Crippen molar-refractivity contribution in [2.45, 2.75) is 45.4 Å². The summed E-state index contributed by atoms with van der Waals surface area (Å²) in [7, 11) is 2.20. The quantitative estimate of drug-likeness (QED) is 0.208. The van der Waals surface area contributed by atoms with E-state index in [4.69, 9.17) is 0 Å². The zero-order valence-electron chi connectivity index (χ0n) is 25.2. The smallest absolute Gasteiger partial charge is 0.0414 e. The van der Waals surface area contributed by atoms with Crippen LogP contribution in [0.1, 0.15) is 51.8 Å². The van der Waals surface area contributed by atoms with Crippen LogP contribution in [0.15, 0.2) is 103 Å². The predicted molar refractivity (Wildman–Crippen MR) is 184 cm³/mol. The molecule has 43 heavy (non-hydrogen) atoms. The normalized spacial score (nSPS) is 14.5. The minimum Gasteiger partial charge on any atom is -0.345 e. The number of hydrogen-bond donors (Lipinski definition) is 0. The Bertz CT molecular complexity index is 1950. The average Bonchev–Trinajstić information content (AvgIpc) is 3.04. The van der Waals surface area contributed by atoms with E-state index in [1.54, 1.807) is 0 Å². The second-order valence-electron chi connectivity index (χ2n) is 12.4. The second-order valence-corrected chi connectivity index (χ2v) is 12.4. The van der Waals surface area contributed by atoms with E-state index in [1.165, 1.54) is 96.5 Å². The van der Waals surface area contributed by atoms with E-state index < -0.39 is 0 Å². The molecule has 0 saturated carbocycles. The van der Waals surface area contributed by atoms with Crippen LogP contribution in [0.3, 0.4) is 0 Å². The summed E-state index contributed by atoms with van der Waals surface area (Å²) in [5.41, 5.74) is 20.7. The molecule has 0 saturated heterocycles. The van der Waals surface area contributed by atoms with Crippen molar-refractivity contribution in [3.63, 3.8) is 0 Å². The molecular formula is C42H37N. The zero-order valence-corrected chi connectivity index (χ0v) is 25.2. The van der Waals surface area contributed by atoms with Gasteiger partial charge in [0.1, 0.15) is 0 Å². The Morgan fingerprint density at radius 2 is 1.07 bits per heavy atom. The van der Waals surface area contributed by atoms with E-state index in [2.05, 4.69) is 134 Å². The fourth-order valence-electron chi connectivity index (χ4n) is 7.39. The second kappa shape index (κ2) is 10.6. The van der Waals surface area contributed by atoms with Crippen molar-refractivity contribution in [2.75, 3.05) is 11.9 Å². The van der Waals surface area contributed by atoms with Gasteiger partial charge in [0.2, 0.25) is 0 Å². The van der Waals surface area contributed by atoms with E-state index >= 15 is 0 Å². The van der Waals surface area contributed by atoms with Crippen LogP contribution in [0.2, 0.25) is 0 Å². The number of hydrogen-bond acceptors (Lipinski definition) is 1. The van der Waals surface area contributed by atoms with Crippen molar-refractivity contribution in [3.05, 3.63) is 142 Å². The predicted octanol–water partition coefficient (Wildman–Crippen LogP) is 10.8. The maximum absolute atomic E-state index is 2.40. The first-order chi connectivity index (χ1) is 21.1. The van der Waals surface area contributed by atoms with Gasteiger partial charge in [-0.15, -0.1) is 0 Å². The van der Waals surface area contributed by atoms with Gasteiger partial charge in [0.25, 0.3) is 0 Å². The minimum absolute atomic E-state index is 1.07. The standard InChI is InChI=1S/C42H37N/c1-28-10-7-12-33(24-28)41-37-16-3-5-18-39(37)42(40-19-6-4-17-38(40)41)34-13-9-15-36(27-34)43(2)35-14-8-11-30(26-35)32-23-21-29-20-22-31(29)25-32/h3,6-16,19,21,23-27H,4-5,17-18,20,22H2,1-2H3. The summed E-state index contributed by atoms with van der Waals surface area (Å²) in [4.78, 5) is 2.34. The number of nitrogens with zero attached hydrogens (tertiary/aromatic N) is 1. The Kier molecular flexibility index (Phi) is 6.41. The summed E-state index contributed by atoms with van der Waals surface area (Å²) in [6.45, 7) is 2.20. The number of benzene rings is 5. The van der Waals surface area contributed by atoms with Crippen LogP contribution in [-0.4, -0.2) is 7.05 Å². The molecule has 0 radical (unpaired) electrons. The molecule has 0 bridgehead atoms. The fourth-order valence-corrected chi connectivity index (χ4v) is 7.39. The lowest BCUT2D eigenvalue weighted by atomic mass is 9.76. The number of anilines is 2. The van der Waals surface area contributed by atoms with E-state index in [0.29, 0.717) is 0 Å². The molecule has 0 N–H and O–H groups in total. The molecule has 1 nitrogen and oxygen atoms in total. The van der Waals surface area contributed by atoms with Gasteiger partial charge in [0.15, 0.2) is 0 Å². The van der Waals surface area contributed by atoms with Gasteiger partial charge in [0.05, 0.1) is 0 Å². The number of rotatable bonds is 5. The van der Waals surface area contributed by atoms with Crippen molar-refractivity contribution >= 4 is 23.5 Å². The SMILES string of the molecule is Cc1cccc(-c2c3c(c(-c4cccc(N(C)c5cccc(-c6ccc7c(c6)CC7)c5)c4)c4c2CCC=C4)CCC=C3)c1. The van der Waals surface area contributed by atoms with Gasteiger partial charge in [-0.25, -0.2) is 0 Å². The number of fused-ring (bicyclic) bond motifs is 3. The summed E-state index contributed by atoms with van der Waals surface area (Å²) < 4.78 is 0. The summed E-state index contributed by atoms with van der Waals surface area (Å²) >= 11 is 0. The number of allylic oxidation sites excluding steroid dienone is 2. The van der Waals surface area contributed by atoms with Gasteiger partial charge in [-0.3, -0.25) is 0 Å². The highest BCUT2D eigenvalue weighted by molar-refractivity contribution is 5.94. The van der Waals surface area contributed by atoms with Gasteiger partial charge < -0.3 is 4.90 Å². The van der Waals surface area contributed by atoms with Gasteiger partial charge in [-0.05, 0) is 136 Å². The summed E-state index contributed by atoms with van der Waals surface area (Å²) in [6.07, 6.45) is 16.3. The van der Waals surface area contributed by atoms with Crippen molar-refractivity contribution in [2.24, 2.45) is 0 Å². The van der Waals surface area contributed by atoms with E-state index in [9.17, 15) is 0 Å². The Hall–Kier alpha value is -4.62. The molecule has 0 aliphatic heterocycles. The Morgan fingerprint density at radius 1 is 0.512 bits per heavy atom. The van der Waals surface area contributed by atoms with Gasteiger partial charge in [0, 0.05) is 18.4 Å². The minimum atomic E-state index is 1.07. The molecular weight excluding hydrogens is 518 g/mol. The molecule has 0 aromatic heterocycles. The third-order valence-corrected chi connectivity index (χ3v) is 9.75. The molecule has 3 aliphatic rings. The first-order valence-corrected chi connectivity index (χ1v) is 15.8. The molecule has 3 aliphatic carbocycles. The van der Waals surface area contributed by atoms with Crippen molar-refractivity contribution in [1.82, 2.24) is 0 Å². The highest BCUT2D eigenvalue weighted by atomic mass is 15.1. The van der Waals surface area contributed by atoms with Crippen LogP contribution in [0, 0.1) is 6.92 Å². The van der Waals surface area contributed by atoms with Gasteiger partial charge >= 0.3 is 0 Å². The lowest BCUT2D eigenvalue weighted by Crippen LogP contribution is -2.11. The molecule has 0 unspecified atom stereocenters. The lowest BCUT2D eigenvalue weighted by molar-refractivity contribution is 0.840. The van der Waals surface area contributed by atoms with Crippen LogP contribution in [0.4, 0.5) is 11.4 Å². The Balaban J connectivity index is 1.23. The lowest BCUT2D eigenvalue weighted by Gasteiger charge is -2.29. The zero-order chi connectivity index (χ0) is 28.9. The van der Waals surface area contributed by atoms with Gasteiger partial charge in [-0.1, -0.05) is 96.6 Å². The van der Waals surface area contributed by atoms with Crippen LogP contribution >= 0.6 is 0 Å². The monoisotopic (exact) mass is 555 g/mol. The topological polar surface area (TPSA) is 3.24 Å². The molecule has 0 spiro atoms. The van der Waals surface area contributed by atoms with Crippen molar-refractivity contribution < 1.29 is 0 Å². The van der Waals surface area contributed by atoms with Crippen LogP contribution in [0.25, 0.3) is 45.5 Å². The van der Waals surface area contributed by atoms with Crippen molar-refractivity contribution in [1.29, 1.82) is 0 Å². The molecule has 0 atom stereocenters. The molecule has 1 heteroatoms. The molecule has 8 rings (SSSR count). The largest absolute Gasteiger partial charge is 0.345 e. The maximum atomic E-state index is 2.40. The van der Waals surface area contributed by atoms with E-state index in [0.717, 1.165) is 25.7 Å². The van der Waals surface area contributed by atoms with Crippen LogP contribution in [0.5, 0.6) is 0 Å². The summed E-state index contributed by atoms with van der Waals surface area (Å²) in [5, 5.41) is 0. The molecule has 0 fully saturated rings. The fraction of sp³-hybridized carbons (Fsp3) is 0.190. The van der Waals surface area contributed by atoms with Gasteiger partial charge in [-0.2, -0.15) is 0 Å². The maximum Gasteiger partial charge on any atom is 0.0414 e. The van der Waals surface area contributed by atoms with E-state index in [-0.39, 0.29) is 0 Å². The highest BCUT2D eigenvalue weighted by Gasteiger charge is 2.25. The Labute approximate surface area is 255 Å². The molecule has 210 valence electrons. The van der Waals surface area contributed by atoms with E-state index in [1.807, 2.05) is 0 Å². The van der Waals surface area contributed by atoms with Crippen molar-refractivity contribution in [3.8, 4) is 33.4 Å². The van der Waals surface area contributed by atoms with Crippen LogP contribution in [-0.2, 0) is 25.7 Å². The third-order valence-electron chi connectivity index (χ3n) is 9.75. The Morgan fingerprint density at radius 3 is 1.67 bits per heavy atom. The third kappa shape index (κ3) is 4.55. The average molecular weight is 556 g/mol. The summed E-state index contributed by atoms with van der Waals surface area (Å²) in [5.74, 6) is 0. The first kappa shape index (κ1) is 26.0. The van der Waals surface area contributed by atoms with Crippen LogP contribution < -0.4 is 4.90 Å². The molecule has 0 heterocycles.